The molecule has 0 amide bonds. The third-order valence-corrected chi connectivity index (χ3v) is 5.26. The van der Waals surface area contributed by atoms with Gasteiger partial charge in [0, 0.05) is 0 Å². The Hall–Kier alpha value is -3.55. The molecule has 1 unspecified atom stereocenters. The number of rotatable bonds is 5. The van der Waals surface area contributed by atoms with Crippen molar-refractivity contribution in [3.05, 3.63) is 131 Å². The van der Waals surface area contributed by atoms with Crippen LogP contribution in [0.5, 0.6) is 0 Å². The van der Waals surface area contributed by atoms with E-state index in [4.69, 9.17) is 4.74 Å². The van der Waals surface area contributed by atoms with Gasteiger partial charge >= 0.3 is 11.9 Å². The molecule has 4 aromatic rings. The number of ether oxygens (including phenoxy) is 1. The smallest absolute Gasteiger partial charge is 0.346 e. The van der Waals surface area contributed by atoms with Gasteiger partial charge < -0.3 is 4.74 Å². The van der Waals surface area contributed by atoms with Gasteiger partial charge in [-0.2, -0.15) is 9.90 Å². The molecule has 0 bridgehead atoms. The van der Waals surface area contributed by atoms with E-state index in [9.17, 15) is 9.59 Å². The monoisotopic (exact) mass is 470 g/mol. The summed E-state index contributed by atoms with van der Waals surface area (Å²) >= 11 is 0. The first-order valence-electron chi connectivity index (χ1n) is 11.2. The number of carbonyl (C=O) groups is 2. The van der Waals surface area contributed by atoms with Crippen molar-refractivity contribution in [2.24, 2.45) is 0 Å². The number of aryl methyl sites for hydroxylation is 2. The summed E-state index contributed by atoms with van der Waals surface area (Å²) in [6.07, 6.45) is 1.80. The first kappa shape index (κ1) is 26.7. The zero-order chi connectivity index (χ0) is 23.5. The summed E-state index contributed by atoms with van der Waals surface area (Å²) in [7, 11) is 0. The second-order valence-electron chi connectivity index (χ2n) is 7.51. The van der Waals surface area contributed by atoms with Gasteiger partial charge in [-0.05, 0) is 59.4 Å². The molecule has 0 spiro atoms. The zero-order valence-electron chi connectivity index (χ0n) is 19.7. The molecule has 4 heteroatoms. The Kier molecular flexibility index (Phi) is 10.9. The van der Waals surface area contributed by atoms with Gasteiger partial charge in [0.1, 0.15) is 0 Å². The SMILES string of the molecule is CCc1ccc(C(=O)OC(=O)c2ccc(CC)cc2)cc1.P.c1ccc(-c2ccccc2)cc1. The lowest BCUT2D eigenvalue weighted by Crippen LogP contribution is -2.12. The van der Waals surface area contributed by atoms with Crippen molar-refractivity contribution >= 4 is 21.8 Å². The molecule has 0 aliphatic rings. The Morgan fingerprint density at radius 1 is 0.529 bits per heavy atom. The maximum atomic E-state index is 11.9. The number of benzene rings is 4. The molecule has 0 saturated heterocycles. The molecule has 1 atom stereocenters. The van der Waals surface area contributed by atoms with Crippen molar-refractivity contribution in [3.8, 4) is 11.1 Å². The minimum absolute atomic E-state index is 0. The topological polar surface area (TPSA) is 43.4 Å². The Labute approximate surface area is 205 Å². The third kappa shape index (κ3) is 7.79. The third-order valence-electron chi connectivity index (χ3n) is 5.26. The predicted molar refractivity (Wildman–Crippen MR) is 144 cm³/mol. The summed E-state index contributed by atoms with van der Waals surface area (Å²) in [5.41, 5.74) is 5.58. The predicted octanol–water partition coefficient (Wildman–Crippen LogP) is 7.22. The molecule has 0 fully saturated rings. The lowest BCUT2D eigenvalue weighted by Gasteiger charge is -2.04. The summed E-state index contributed by atoms with van der Waals surface area (Å²) in [5.74, 6) is -1.25. The van der Waals surface area contributed by atoms with Gasteiger partial charge in [0.2, 0.25) is 0 Å². The van der Waals surface area contributed by atoms with Crippen molar-refractivity contribution in [2.75, 3.05) is 0 Å². The van der Waals surface area contributed by atoms with Crippen molar-refractivity contribution in [1.29, 1.82) is 0 Å². The molecule has 174 valence electrons. The molecule has 0 saturated carbocycles. The van der Waals surface area contributed by atoms with Crippen molar-refractivity contribution in [3.63, 3.8) is 0 Å². The summed E-state index contributed by atoms with van der Waals surface area (Å²) in [4.78, 5) is 23.8. The summed E-state index contributed by atoms with van der Waals surface area (Å²) < 4.78 is 4.89. The van der Waals surface area contributed by atoms with Gasteiger partial charge in [-0.1, -0.05) is 98.8 Å². The van der Waals surface area contributed by atoms with Crippen molar-refractivity contribution in [1.82, 2.24) is 0 Å². The van der Waals surface area contributed by atoms with E-state index in [-0.39, 0.29) is 9.90 Å². The fraction of sp³-hybridized carbons (Fsp3) is 0.133. The van der Waals surface area contributed by atoms with Gasteiger partial charge in [0.05, 0.1) is 11.1 Å². The molecule has 3 nitrogen and oxygen atoms in total. The molecular formula is C30H31O3P. The van der Waals surface area contributed by atoms with Gasteiger partial charge in [0.15, 0.2) is 0 Å². The minimum Gasteiger partial charge on any atom is -0.386 e. The van der Waals surface area contributed by atoms with E-state index in [0.29, 0.717) is 11.1 Å². The Morgan fingerprint density at radius 3 is 1.15 bits per heavy atom. The van der Waals surface area contributed by atoms with Crippen molar-refractivity contribution < 1.29 is 14.3 Å². The molecule has 0 radical (unpaired) electrons. The molecule has 0 N–H and O–H groups in total. The number of hydrogen-bond donors (Lipinski definition) is 0. The number of carbonyl (C=O) groups excluding carboxylic acids is 2. The van der Waals surface area contributed by atoms with E-state index in [2.05, 4.69) is 48.5 Å². The normalized spacial score (nSPS) is 9.71. The van der Waals surface area contributed by atoms with Crippen LogP contribution in [0.15, 0.2) is 109 Å². The fourth-order valence-corrected chi connectivity index (χ4v) is 3.22. The van der Waals surface area contributed by atoms with E-state index in [1.54, 1.807) is 24.3 Å². The van der Waals surface area contributed by atoms with Crippen LogP contribution in [-0.2, 0) is 17.6 Å². The second-order valence-corrected chi connectivity index (χ2v) is 7.51. The Bertz CT molecular complexity index is 1060. The van der Waals surface area contributed by atoms with Gasteiger partial charge in [-0.3, -0.25) is 0 Å². The van der Waals surface area contributed by atoms with Crippen LogP contribution in [-0.4, -0.2) is 11.9 Å². The van der Waals surface area contributed by atoms with Gasteiger partial charge in [0.25, 0.3) is 0 Å². The summed E-state index contributed by atoms with van der Waals surface area (Å²) in [6, 6.07) is 34.9. The largest absolute Gasteiger partial charge is 0.386 e. The first-order chi connectivity index (χ1) is 16.1. The highest BCUT2D eigenvalue weighted by Gasteiger charge is 2.14. The van der Waals surface area contributed by atoms with Crippen LogP contribution < -0.4 is 0 Å². The van der Waals surface area contributed by atoms with Crippen LogP contribution in [0.25, 0.3) is 11.1 Å². The van der Waals surface area contributed by atoms with Gasteiger partial charge in [-0.15, -0.1) is 0 Å². The maximum Gasteiger partial charge on any atom is 0.346 e. The average molecular weight is 471 g/mol. The van der Waals surface area contributed by atoms with Crippen LogP contribution in [0.2, 0.25) is 0 Å². The van der Waals surface area contributed by atoms with Crippen LogP contribution in [0, 0.1) is 0 Å². The van der Waals surface area contributed by atoms with Crippen LogP contribution in [0.3, 0.4) is 0 Å². The minimum atomic E-state index is -0.623. The first-order valence-corrected chi connectivity index (χ1v) is 11.2. The van der Waals surface area contributed by atoms with E-state index in [1.807, 2.05) is 50.2 Å². The highest BCUT2D eigenvalue weighted by molar-refractivity contribution is 6.92. The second kappa shape index (κ2) is 13.9. The summed E-state index contributed by atoms with van der Waals surface area (Å²) in [6.45, 7) is 4.08. The highest BCUT2D eigenvalue weighted by Crippen LogP contribution is 2.17. The standard InChI is InChI=1S/C18H18O3.C12H10.H3P/c1-3-13-5-9-15(10-6-13)17(19)21-18(20)16-11-7-14(4-2)8-12-16;1-3-7-11(8-4-1)12-9-5-2-6-10-12;/h5-12H,3-4H2,1-2H3;1-10H;1H3. The molecule has 0 heterocycles. The molecule has 4 aromatic carbocycles. The Morgan fingerprint density at radius 2 is 0.853 bits per heavy atom. The highest BCUT2D eigenvalue weighted by atomic mass is 31.0. The number of hydrogen-bond acceptors (Lipinski definition) is 3. The molecule has 0 aliphatic carbocycles. The van der Waals surface area contributed by atoms with E-state index < -0.39 is 11.9 Å². The molecular weight excluding hydrogens is 439 g/mol. The lowest BCUT2D eigenvalue weighted by atomic mass is 10.1. The Balaban J connectivity index is 0.000000266. The van der Waals surface area contributed by atoms with Crippen LogP contribution in [0.4, 0.5) is 0 Å². The van der Waals surface area contributed by atoms with Gasteiger partial charge in [-0.25, -0.2) is 9.59 Å². The lowest BCUT2D eigenvalue weighted by molar-refractivity contribution is 0.0398. The molecule has 34 heavy (non-hydrogen) atoms. The van der Waals surface area contributed by atoms with E-state index >= 15 is 0 Å². The fourth-order valence-electron chi connectivity index (χ4n) is 3.22. The average Bonchev–Trinajstić information content (AvgIpc) is 2.90. The molecule has 0 aromatic heterocycles. The zero-order valence-corrected chi connectivity index (χ0v) is 21.2. The van der Waals surface area contributed by atoms with E-state index in [0.717, 1.165) is 24.0 Å². The number of esters is 2. The maximum absolute atomic E-state index is 11.9. The molecule has 0 aliphatic heterocycles. The summed E-state index contributed by atoms with van der Waals surface area (Å²) in [5, 5.41) is 0. The van der Waals surface area contributed by atoms with Crippen molar-refractivity contribution in [2.45, 2.75) is 26.7 Å². The van der Waals surface area contributed by atoms with E-state index in [1.165, 1.54) is 11.1 Å². The van der Waals surface area contributed by atoms with Crippen LogP contribution in [0.1, 0.15) is 45.7 Å². The molecule has 4 rings (SSSR count). The quantitative estimate of drug-likeness (QED) is 0.176. The van der Waals surface area contributed by atoms with Crippen LogP contribution >= 0.6 is 9.90 Å².